The standard InChI is InChI=1S/C16H23Cl2NO/c1-3-8-19-15(16-11(2)7-9-20-16)10-12-13(17)5-4-6-14(12)18/h4-6,11,15-16,19H,3,7-10H2,1-2H3. The van der Waals surface area contributed by atoms with E-state index in [1.54, 1.807) is 0 Å². The molecule has 2 rings (SSSR count). The summed E-state index contributed by atoms with van der Waals surface area (Å²) < 4.78 is 5.93. The third-order valence-electron chi connectivity index (χ3n) is 3.98. The molecule has 112 valence electrons. The van der Waals surface area contributed by atoms with Gasteiger partial charge in [0.15, 0.2) is 0 Å². The van der Waals surface area contributed by atoms with Gasteiger partial charge in [0.05, 0.1) is 6.10 Å². The van der Waals surface area contributed by atoms with Crippen LogP contribution in [-0.2, 0) is 11.2 Å². The van der Waals surface area contributed by atoms with E-state index in [-0.39, 0.29) is 12.1 Å². The third kappa shape index (κ3) is 3.88. The minimum atomic E-state index is 0.244. The maximum atomic E-state index is 6.30. The second-order valence-electron chi connectivity index (χ2n) is 5.57. The molecule has 4 heteroatoms. The molecular weight excluding hydrogens is 293 g/mol. The zero-order valence-corrected chi connectivity index (χ0v) is 13.7. The SMILES string of the molecule is CCCNC(Cc1c(Cl)cccc1Cl)C1OCCC1C. The largest absolute Gasteiger partial charge is 0.376 e. The van der Waals surface area contributed by atoms with E-state index in [4.69, 9.17) is 27.9 Å². The molecule has 0 saturated carbocycles. The Balaban J connectivity index is 2.14. The zero-order chi connectivity index (χ0) is 14.5. The van der Waals surface area contributed by atoms with Crippen LogP contribution in [0.3, 0.4) is 0 Å². The number of hydrogen-bond acceptors (Lipinski definition) is 2. The summed E-state index contributed by atoms with van der Waals surface area (Å²) >= 11 is 12.6. The molecule has 0 bridgehead atoms. The molecule has 1 heterocycles. The Morgan fingerprint density at radius 2 is 2.05 bits per heavy atom. The number of nitrogens with one attached hydrogen (secondary N) is 1. The van der Waals surface area contributed by atoms with Gasteiger partial charge in [0, 0.05) is 22.7 Å². The maximum absolute atomic E-state index is 6.30. The van der Waals surface area contributed by atoms with E-state index in [1.807, 2.05) is 18.2 Å². The molecule has 1 saturated heterocycles. The molecule has 1 N–H and O–H groups in total. The Morgan fingerprint density at radius 3 is 2.60 bits per heavy atom. The summed E-state index contributed by atoms with van der Waals surface area (Å²) in [7, 11) is 0. The third-order valence-corrected chi connectivity index (χ3v) is 4.69. The van der Waals surface area contributed by atoms with Gasteiger partial charge in [-0.2, -0.15) is 0 Å². The van der Waals surface area contributed by atoms with Crippen molar-refractivity contribution >= 4 is 23.2 Å². The van der Waals surface area contributed by atoms with Crippen LogP contribution in [0.4, 0.5) is 0 Å². The second-order valence-corrected chi connectivity index (χ2v) is 6.38. The lowest BCUT2D eigenvalue weighted by molar-refractivity contribution is 0.0610. The van der Waals surface area contributed by atoms with Crippen LogP contribution in [0.15, 0.2) is 18.2 Å². The Bertz CT molecular complexity index is 418. The molecule has 1 aromatic carbocycles. The predicted octanol–water partition coefficient (Wildman–Crippen LogP) is 4.33. The molecule has 1 aliphatic heterocycles. The Morgan fingerprint density at radius 1 is 1.35 bits per heavy atom. The van der Waals surface area contributed by atoms with E-state index in [2.05, 4.69) is 19.2 Å². The molecule has 2 nitrogen and oxygen atoms in total. The van der Waals surface area contributed by atoms with Gasteiger partial charge in [-0.1, -0.05) is 43.1 Å². The van der Waals surface area contributed by atoms with Gasteiger partial charge in [0.2, 0.25) is 0 Å². The average Bonchev–Trinajstić information content (AvgIpc) is 2.84. The maximum Gasteiger partial charge on any atom is 0.0757 e. The van der Waals surface area contributed by atoms with E-state index in [9.17, 15) is 0 Å². The molecule has 3 unspecified atom stereocenters. The normalized spacial score (nSPS) is 24.0. The number of benzene rings is 1. The topological polar surface area (TPSA) is 21.3 Å². The van der Waals surface area contributed by atoms with Crippen LogP contribution in [0, 0.1) is 5.92 Å². The second kappa shape index (κ2) is 7.65. The first-order valence-electron chi connectivity index (χ1n) is 7.41. The number of rotatable bonds is 6. The molecule has 1 aromatic rings. The molecule has 20 heavy (non-hydrogen) atoms. The van der Waals surface area contributed by atoms with Crippen molar-refractivity contribution in [3.8, 4) is 0 Å². The van der Waals surface area contributed by atoms with Gasteiger partial charge in [0.25, 0.3) is 0 Å². The fourth-order valence-electron chi connectivity index (χ4n) is 2.81. The zero-order valence-electron chi connectivity index (χ0n) is 12.2. The highest BCUT2D eigenvalue weighted by Gasteiger charge is 2.32. The fraction of sp³-hybridized carbons (Fsp3) is 0.625. The van der Waals surface area contributed by atoms with Crippen LogP contribution >= 0.6 is 23.2 Å². The van der Waals surface area contributed by atoms with E-state index < -0.39 is 0 Å². The summed E-state index contributed by atoms with van der Waals surface area (Å²) in [6.45, 7) is 6.27. The molecule has 0 spiro atoms. The van der Waals surface area contributed by atoms with E-state index >= 15 is 0 Å². The van der Waals surface area contributed by atoms with Crippen LogP contribution in [0.2, 0.25) is 10.0 Å². The summed E-state index contributed by atoms with van der Waals surface area (Å²) in [6, 6.07) is 5.96. The highest BCUT2D eigenvalue weighted by atomic mass is 35.5. The summed E-state index contributed by atoms with van der Waals surface area (Å²) in [5, 5.41) is 5.09. The van der Waals surface area contributed by atoms with Crippen LogP contribution < -0.4 is 5.32 Å². The lowest BCUT2D eigenvalue weighted by atomic mass is 9.92. The first kappa shape index (κ1) is 16.1. The molecule has 0 radical (unpaired) electrons. The van der Waals surface area contributed by atoms with E-state index in [0.29, 0.717) is 5.92 Å². The number of hydrogen-bond donors (Lipinski definition) is 1. The molecule has 0 amide bonds. The first-order chi connectivity index (χ1) is 9.63. The lowest BCUT2D eigenvalue weighted by Gasteiger charge is -2.28. The number of halogens is 2. The molecule has 0 aromatic heterocycles. The van der Waals surface area contributed by atoms with Crippen molar-refractivity contribution in [1.29, 1.82) is 0 Å². The Kier molecular flexibility index (Phi) is 6.16. The highest BCUT2D eigenvalue weighted by Crippen LogP contribution is 2.30. The summed E-state index contributed by atoms with van der Waals surface area (Å²) in [6.07, 6.45) is 3.29. The van der Waals surface area contributed by atoms with Crippen molar-refractivity contribution in [3.05, 3.63) is 33.8 Å². The van der Waals surface area contributed by atoms with Crippen molar-refractivity contribution in [2.75, 3.05) is 13.2 Å². The molecule has 1 fully saturated rings. The minimum absolute atomic E-state index is 0.244. The van der Waals surface area contributed by atoms with Gasteiger partial charge in [-0.3, -0.25) is 0 Å². The van der Waals surface area contributed by atoms with Crippen LogP contribution in [-0.4, -0.2) is 25.3 Å². The fourth-order valence-corrected chi connectivity index (χ4v) is 3.36. The monoisotopic (exact) mass is 315 g/mol. The van der Waals surface area contributed by atoms with Gasteiger partial charge in [-0.05, 0) is 49.4 Å². The molecule has 1 aliphatic rings. The van der Waals surface area contributed by atoms with Crippen molar-refractivity contribution in [2.24, 2.45) is 5.92 Å². The average molecular weight is 316 g/mol. The van der Waals surface area contributed by atoms with Crippen LogP contribution in [0.5, 0.6) is 0 Å². The smallest absolute Gasteiger partial charge is 0.0757 e. The molecule has 0 aliphatic carbocycles. The van der Waals surface area contributed by atoms with Crippen LogP contribution in [0.1, 0.15) is 32.3 Å². The summed E-state index contributed by atoms with van der Waals surface area (Å²) in [4.78, 5) is 0. The summed E-state index contributed by atoms with van der Waals surface area (Å²) in [5.74, 6) is 0.575. The van der Waals surface area contributed by atoms with Crippen molar-refractivity contribution < 1.29 is 4.74 Å². The predicted molar refractivity (Wildman–Crippen MR) is 85.8 cm³/mol. The lowest BCUT2D eigenvalue weighted by Crippen LogP contribution is -2.44. The van der Waals surface area contributed by atoms with Crippen LogP contribution in [0.25, 0.3) is 0 Å². The summed E-state index contributed by atoms with van der Waals surface area (Å²) in [5.41, 5.74) is 1.02. The molecule has 3 atom stereocenters. The van der Waals surface area contributed by atoms with Gasteiger partial charge in [-0.15, -0.1) is 0 Å². The molecular formula is C16H23Cl2NO. The highest BCUT2D eigenvalue weighted by molar-refractivity contribution is 6.36. The quantitative estimate of drug-likeness (QED) is 0.843. The van der Waals surface area contributed by atoms with Gasteiger partial charge in [-0.25, -0.2) is 0 Å². The van der Waals surface area contributed by atoms with Crippen molar-refractivity contribution in [3.63, 3.8) is 0 Å². The van der Waals surface area contributed by atoms with Crippen molar-refractivity contribution in [1.82, 2.24) is 5.32 Å². The van der Waals surface area contributed by atoms with E-state index in [1.165, 1.54) is 0 Å². The Labute approximate surface area is 131 Å². The van der Waals surface area contributed by atoms with Gasteiger partial charge < -0.3 is 10.1 Å². The van der Waals surface area contributed by atoms with Crippen molar-refractivity contribution in [2.45, 2.75) is 45.3 Å². The van der Waals surface area contributed by atoms with Gasteiger partial charge in [0.1, 0.15) is 0 Å². The van der Waals surface area contributed by atoms with Gasteiger partial charge >= 0.3 is 0 Å². The minimum Gasteiger partial charge on any atom is -0.376 e. The Hall–Kier alpha value is -0.280. The van der Waals surface area contributed by atoms with E-state index in [0.717, 1.165) is 48.0 Å². The number of ether oxygens (including phenoxy) is 1. The first-order valence-corrected chi connectivity index (χ1v) is 8.17.